The predicted molar refractivity (Wildman–Crippen MR) is 143 cm³/mol. The van der Waals surface area contributed by atoms with Crippen LogP contribution < -0.4 is 10.3 Å². The molecular weight excluding hydrogens is 456 g/mol. The van der Waals surface area contributed by atoms with Crippen LogP contribution in [0, 0.1) is 13.8 Å². The molecule has 0 bridgehead atoms. The Hall–Kier alpha value is -3.91. The molecule has 4 rings (SSSR count). The molecule has 35 heavy (non-hydrogen) atoms. The third-order valence-electron chi connectivity index (χ3n) is 5.38. The molecule has 0 aliphatic heterocycles. The zero-order chi connectivity index (χ0) is 24.8. The van der Waals surface area contributed by atoms with Crippen molar-refractivity contribution in [2.75, 3.05) is 24.7 Å². The van der Waals surface area contributed by atoms with Crippen molar-refractivity contribution in [2.45, 2.75) is 19.0 Å². The molecule has 1 amide bonds. The fourth-order valence-electron chi connectivity index (χ4n) is 3.38. The summed E-state index contributed by atoms with van der Waals surface area (Å²) in [7, 11) is 3.98. The summed E-state index contributed by atoms with van der Waals surface area (Å²) in [5.74, 6) is 0.678. The first-order chi connectivity index (χ1) is 16.9. The highest BCUT2D eigenvalue weighted by atomic mass is 32.2. The van der Waals surface area contributed by atoms with Gasteiger partial charge >= 0.3 is 0 Å². The molecule has 1 aromatic heterocycles. The number of hydrogen-bond acceptors (Lipinski definition) is 6. The summed E-state index contributed by atoms with van der Waals surface area (Å²) in [4.78, 5) is 14.5. The van der Waals surface area contributed by atoms with Crippen molar-refractivity contribution < 1.29 is 4.79 Å². The number of aromatic nitrogens is 3. The van der Waals surface area contributed by atoms with Crippen molar-refractivity contribution in [1.29, 1.82) is 0 Å². The number of hydrogen-bond donors (Lipinski definition) is 1. The largest absolute Gasteiger partial charge is 0.378 e. The number of hydrazone groups is 1. The van der Waals surface area contributed by atoms with Crippen LogP contribution in [0.1, 0.15) is 16.7 Å². The van der Waals surface area contributed by atoms with Gasteiger partial charge in [0.2, 0.25) is 0 Å². The lowest BCUT2D eigenvalue weighted by Crippen LogP contribution is -2.20. The van der Waals surface area contributed by atoms with Crippen molar-refractivity contribution in [1.82, 2.24) is 20.2 Å². The first-order valence-electron chi connectivity index (χ1n) is 11.2. The van der Waals surface area contributed by atoms with Gasteiger partial charge in [0, 0.05) is 31.0 Å². The topological polar surface area (TPSA) is 75.4 Å². The van der Waals surface area contributed by atoms with Crippen LogP contribution in [0.15, 0.2) is 83.1 Å². The van der Waals surface area contributed by atoms with Gasteiger partial charge in [-0.25, -0.2) is 5.43 Å². The molecular formula is C27H28N6OS. The van der Waals surface area contributed by atoms with Gasteiger partial charge < -0.3 is 4.90 Å². The molecule has 1 N–H and O–H groups in total. The summed E-state index contributed by atoms with van der Waals surface area (Å²) in [5.41, 5.74) is 8.85. The van der Waals surface area contributed by atoms with Crippen LogP contribution in [0.4, 0.5) is 5.69 Å². The van der Waals surface area contributed by atoms with Crippen LogP contribution in [0.3, 0.4) is 0 Å². The minimum atomic E-state index is -0.216. The Bertz CT molecular complexity index is 1310. The zero-order valence-electron chi connectivity index (χ0n) is 20.3. The van der Waals surface area contributed by atoms with E-state index in [2.05, 4.69) is 51.9 Å². The van der Waals surface area contributed by atoms with Gasteiger partial charge in [0.1, 0.15) is 0 Å². The molecule has 0 spiro atoms. The van der Waals surface area contributed by atoms with Gasteiger partial charge in [-0.05, 0) is 43.7 Å². The number of thioether (sulfide) groups is 1. The molecule has 7 nitrogen and oxygen atoms in total. The molecule has 0 aliphatic rings. The van der Waals surface area contributed by atoms with Gasteiger partial charge in [0.05, 0.1) is 12.0 Å². The maximum atomic E-state index is 12.4. The van der Waals surface area contributed by atoms with E-state index >= 15 is 0 Å². The molecule has 0 atom stereocenters. The number of carbonyl (C=O) groups is 1. The Morgan fingerprint density at radius 2 is 1.57 bits per heavy atom. The summed E-state index contributed by atoms with van der Waals surface area (Å²) in [5, 5.41) is 13.6. The van der Waals surface area contributed by atoms with Crippen LogP contribution >= 0.6 is 11.8 Å². The maximum absolute atomic E-state index is 12.4. The van der Waals surface area contributed by atoms with E-state index in [1.807, 2.05) is 79.0 Å². The summed E-state index contributed by atoms with van der Waals surface area (Å²) in [6.07, 6.45) is 1.63. The Balaban J connectivity index is 1.47. The van der Waals surface area contributed by atoms with Crippen LogP contribution in [0.25, 0.3) is 17.1 Å². The first-order valence-corrected chi connectivity index (χ1v) is 12.2. The van der Waals surface area contributed by atoms with Gasteiger partial charge in [-0.15, -0.1) is 10.2 Å². The highest BCUT2D eigenvalue weighted by molar-refractivity contribution is 7.99. The van der Waals surface area contributed by atoms with Crippen molar-refractivity contribution in [3.8, 4) is 17.1 Å². The van der Waals surface area contributed by atoms with Crippen molar-refractivity contribution in [2.24, 2.45) is 5.10 Å². The lowest BCUT2D eigenvalue weighted by molar-refractivity contribution is -0.118. The predicted octanol–water partition coefficient (Wildman–Crippen LogP) is 4.86. The Morgan fingerprint density at radius 1 is 0.943 bits per heavy atom. The van der Waals surface area contributed by atoms with E-state index in [-0.39, 0.29) is 11.7 Å². The fraction of sp³-hybridized carbons (Fsp3) is 0.185. The minimum Gasteiger partial charge on any atom is -0.378 e. The number of nitrogens with one attached hydrogen (secondary N) is 1. The molecule has 3 aromatic carbocycles. The quantitative estimate of drug-likeness (QED) is 0.220. The van der Waals surface area contributed by atoms with Crippen LogP contribution in [-0.2, 0) is 4.79 Å². The molecule has 0 saturated carbocycles. The molecule has 0 aliphatic carbocycles. The molecule has 0 radical (unpaired) electrons. The Kier molecular flexibility index (Phi) is 7.62. The third-order valence-corrected chi connectivity index (χ3v) is 6.31. The average Bonchev–Trinajstić information content (AvgIpc) is 3.28. The summed E-state index contributed by atoms with van der Waals surface area (Å²) in [6.45, 7) is 4.10. The second-order valence-electron chi connectivity index (χ2n) is 8.41. The number of rotatable bonds is 8. The lowest BCUT2D eigenvalue weighted by Gasteiger charge is -2.11. The lowest BCUT2D eigenvalue weighted by atomic mass is 10.1. The van der Waals surface area contributed by atoms with E-state index < -0.39 is 0 Å². The SMILES string of the molecule is Cc1ccc(-c2nnc(SCC(=O)NN=Cc3ccc(N(C)C)cc3)n2-c2ccc(C)cc2)cc1. The van der Waals surface area contributed by atoms with Crippen LogP contribution in [0.5, 0.6) is 0 Å². The summed E-state index contributed by atoms with van der Waals surface area (Å²) in [6, 6.07) is 24.3. The van der Waals surface area contributed by atoms with Crippen LogP contribution in [0.2, 0.25) is 0 Å². The monoisotopic (exact) mass is 484 g/mol. The van der Waals surface area contributed by atoms with Gasteiger partial charge in [-0.2, -0.15) is 5.10 Å². The fourth-order valence-corrected chi connectivity index (χ4v) is 4.12. The smallest absolute Gasteiger partial charge is 0.250 e. The normalized spacial score (nSPS) is 11.1. The number of amides is 1. The number of aryl methyl sites for hydroxylation is 2. The number of nitrogens with zero attached hydrogens (tertiary/aromatic N) is 5. The standard InChI is InChI=1S/C27H28N6OS/c1-19-5-11-22(12-6-19)26-30-31-27(33(26)24-13-7-20(2)8-14-24)35-18-25(34)29-28-17-21-9-15-23(16-10-21)32(3)4/h5-17H,18H2,1-4H3,(H,29,34). The minimum absolute atomic E-state index is 0.162. The zero-order valence-corrected chi connectivity index (χ0v) is 21.1. The molecule has 0 unspecified atom stereocenters. The number of anilines is 1. The Labute approximate surface area is 209 Å². The maximum Gasteiger partial charge on any atom is 0.250 e. The highest BCUT2D eigenvalue weighted by Crippen LogP contribution is 2.28. The van der Waals surface area contributed by atoms with Gasteiger partial charge in [0.15, 0.2) is 11.0 Å². The van der Waals surface area contributed by atoms with Gasteiger partial charge in [0.25, 0.3) is 5.91 Å². The van der Waals surface area contributed by atoms with Crippen molar-refractivity contribution in [3.63, 3.8) is 0 Å². The summed E-state index contributed by atoms with van der Waals surface area (Å²) < 4.78 is 1.98. The molecule has 4 aromatic rings. The molecule has 178 valence electrons. The van der Waals surface area contributed by atoms with E-state index in [0.29, 0.717) is 5.16 Å². The Morgan fingerprint density at radius 3 is 2.20 bits per heavy atom. The number of carbonyl (C=O) groups excluding carboxylic acids is 1. The highest BCUT2D eigenvalue weighted by Gasteiger charge is 2.17. The van der Waals surface area contributed by atoms with Gasteiger partial charge in [-0.1, -0.05) is 71.4 Å². The number of benzene rings is 3. The van der Waals surface area contributed by atoms with E-state index in [9.17, 15) is 4.79 Å². The van der Waals surface area contributed by atoms with Crippen molar-refractivity contribution in [3.05, 3.63) is 89.5 Å². The summed E-state index contributed by atoms with van der Waals surface area (Å²) >= 11 is 1.32. The van der Waals surface area contributed by atoms with E-state index in [0.717, 1.165) is 28.3 Å². The van der Waals surface area contributed by atoms with E-state index in [4.69, 9.17) is 0 Å². The van der Waals surface area contributed by atoms with Crippen molar-refractivity contribution >= 4 is 29.6 Å². The average molecular weight is 485 g/mol. The first kappa shape index (κ1) is 24.2. The molecule has 8 heteroatoms. The van der Waals surface area contributed by atoms with E-state index in [1.54, 1.807) is 6.21 Å². The molecule has 1 heterocycles. The molecule has 0 fully saturated rings. The van der Waals surface area contributed by atoms with Crippen LogP contribution in [-0.4, -0.2) is 46.7 Å². The molecule has 0 saturated heterocycles. The van der Waals surface area contributed by atoms with Gasteiger partial charge in [-0.3, -0.25) is 9.36 Å². The third kappa shape index (κ3) is 6.16. The van der Waals surface area contributed by atoms with E-state index in [1.165, 1.54) is 22.9 Å². The second kappa shape index (κ2) is 11.0. The second-order valence-corrected chi connectivity index (χ2v) is 9.35.